The summed E-state index contributed by atoms with van der Waals surface area (Å²) in [6.07, 6.45) is 71.8. The largest absolute Gasteiger partial charge is 0.394 e. The van der Waals surface area contributed by atoms with Gasteiger partial charge in [-0.05, 0) is 70.6 Å². The molecule has 0 aromatic carbocycles. The van der Waals surface area contributed by atoms with E-state index in [1.165, 1.54) is 161 Å². The maximum absolute atomic E-state index is 13.1. The zero-order chi connectivity index (χ0) is 55.0. The summed E-state index contributed by atoms with van der Waals surface area (Å²) in [7, 11) is 0. The van der Waals surface area contributed by atoms with Crippen LogP contribution in [0.1, 0.15) is 277 Å². The smallest absolute Gasteiger partial charge is 0.220 e. The van der Waals surface area contributed by atoms with Crippen LogP contribution in [-0.2, 0) is 14.3 Å². The molecular formula is C67H119NO8. The Hall–Kier alpha value is -2.63. The summed E-state index contributed by atoms with van der Waals surface area (Å²) < 4.78 is 11.3. The van der Waals surface area contributed by atoms with Crippen molar-refractivity contribution in [1.82, 2.24) is 5.32 Å². The summed E-state index contributed by atoms with van der Waals surface area (Å²) in [6.45, 7) is 3.74. The lowest BCUT2D eigenvalue weighted by molar-refractivity contribution is -0.302. The minimum atomic E-state index is -1.56. The first kappa shape index (κ1) is 71.4. The van der Waals surface area contributed by atoms with E-state index in [0.29, 0.717) is 12.8 Å². The number of carbonyl (C=O) groups is 1. The molecule has 0 aromatic heterocycles. The number of rotatable bonds is 54. The summed E-state index contributed by atoms with van der Waals surface area (Å²) in [6, 6.07) is -0.729. The van der Waals surface area contributed by atoms with Gasteiger partial charge in [-0.25, -0.2) is 0 Å². The fraction of sp³-hybridized carbons (Fsp3) is 0.776. The number of amides is 1. The van der Waals surface area contributed by atoms with E-state index in [4.69, 9.17) is 9.47 Å². The Balaban J connectivity index is 2.18. The molecule has 0 bridgehead atoms. The van der Waals surface area contributed by atoms with E-state index in [1.54, 1.807) is 0 Å². The first-order valence-electron chi connectivity index (χ1n) is 31.8. The average molecular weight is 1070 g/mol. The number of carbonyl (C=O) groups excluding carboxylic acids is 1. The molecule has 1 aliphatic heterocycles. The van der Waals surface area contributed by atoms with Crippen LogP contribution in [0.3, 0.4) is 0 Å². The molecule has 440 valence electrons. The van der Waals surface area contributed by atoms with Gasteiger partial charge in [-0.3, -0.25) is 4.79 Å². The Morgan fingerprint density at radius 3 is 1.21 bits per heavy atom. The van der Waals surface area contributed by atoms with Crippen LogP contribution in [0.2, 0.25) is 0 Å². The van der Waals surface area contributed by atoms with Gasteiger partial charge in [-0.1, -0.05) is 285 Å². The van der Waals surface area contributed by atoms with Gasteiger partial charge in [0.1, 0.15) is 24.4 Å². The van der Waals surface area contributed by atoms with E-state index in [9.17, 15) is 30.3 Å². The second-order valence-electron chi connectivity index (χ2n) is 21.8. The van der Waals surface area contributed by atoms with E-state index >= 15 is 0 Å². The van der Waals surface area contributed by atoms with Crippen LogP contribution in [0, 0.1) is 0 Å². The molecule has 7 unspecified atom stereocenters. The molecule has 6 N–H and O–H groups in total. The van der Waals surface area contributed by atoms with E-state index < -0.39 is 49.5 Å². The number of hydrogen-bond donors (Lipinski definition) is 6. The van der Waals surface area contributed by atoms with Gasteiger partial charge in [0, 0.05) is 6.42 Å². The van der Waals surface area contributed by atoms with Crippen LogP contribution >= 0.6 is 0 Å². The van der Waals surface area contributed by atoms with Crippen LogP contribution < -0.4 is 5.32 Å². The third-order valence-corrected chi connectivity index (χ3v) is 14.8. The van der Waals surface area contributed by atoms with Crippen molar-refractivity contribution in [2.24, 2.45) is 0 Å². The molecule has 76 heavy (non-hydrogen) atoms. The van der Waals surface area contributed by atoms with Gasteiger partial charge in [-0.2, -0.15) is 0 Å². The molecule has 9 heteroatoms. The van der Waals surface area contributed by atoms with Gasteiger partial charge in [0.05, 0.1) is 25.4 Å². The van der Waals surface area contributed by atoms with E-state index in [2.05, 4.69) is 104 Å². The maximum atomic E-state index is 13.1. The van der Waals surface area contributed by atoms with Gasteiger partial charge < -0.3 is 40.3 Å². The highest BCUT2D eigenvalue weighted by Gasteiger charge is 2.44. The maximum Gasteiger partial charge on any atom is 0.220 e. The molecule has 7 atom stereocenters. The highest BCUT2D eigenvalue weighted by atomic mass is 16.7. The SMILES string of the molecule is CC/C=C\C/C=C\C/C=C\C/C=C\C/C=C\C/C=C\C/C=C\CCCCCCCCCCCC(=O)NC(COC1OC(CO)C(O)C(O)C1O)C(O)CCCCCCCCCCCCCCCCCCCCCCCC. The Morgan fingerprint density at radius 2 is 0.816 bits per heavy atom. The summed E-state index contributed by atoms with van der Waals surface area (Å²) in [4.78, 5) is 13.1. The number of ether oxygens (including phenoxy) is 2. The van der Waals surface area contributed by atoms with Crippen molar-refractivity contribution in [1.29, 1.82) is 0 Å². The topological polar surface area (TPSA) is 149 Å². The molecule has 0 saturated carbocycles. The molecular weight excluding hydrogens is 947 g/mol. The third kappa shape index (κ3) is 44.2. The predicted octanol–water partition coefficient (Wildman–Crippen LogP) is 16.6. The minimum absolute atomic E-state index is 0.143. The van der Waals surface area contributed by atoms with Gasteiger partial charge in [0.25, 0.3) is 0 Å². The molecule has 0 spiro atoms. The van der Waals surface area contributed by atoms with Gasteiger partial charge in [0.2, 0.25) is 5.91 Å². The fourth-order valence-electron chi connectivity index (χ4n) is 9.79. The van der Waals surface area contributed by atoms with Crippen LogP contribution in [0.15, 0.2) is 85.1 Å². The van der Waals surface area contributed by atoms with Gasteiger partial charge in [0.15, 0.2) is 6.29 Å². The molecule has 0 radical (unpaired) electrons. The molecule has 9 nitrogen and oxygen atoms in total. The Morgan fingerprint density at radius 1 is 0.461 bits per heavy atom. The van der Waals surface area contributed by atoms with Crippen molar-refractivity contribution in [3.8, 4) is 0 Å². The highest BCUT2D eigenvalue weighted by Crippen LogP contribution is 2.23. The number of allylic oxidation sites excluding steroid dienone is 14. The van der Waals surface area contributed by atoms with Crippen LogP contribution in [0.25, 0.3) is 0 Å². The minimum Gasteiger partial charge on any atom is -0.394 e. The summed E-state index contributed by atoms with van der Waals surface area (Å²) in [5, 5.41) is 54.8. The number of aliphatic hydroxyl groups is 5. The lowest BCUT2D eigenvalue weighted by Gasteiger charge is -2.40. The highest BCUT2D eigenvalue weighted by molar-refractivity contribution is 5.76. The number of hydrogen-bond acceptors (Lipinski definition) is 8. The van der Waals surface area contributed by atoms with Crippen LogP contribution in [-0.4, -0.2) is 87.5 Å². The van der Waals surface area contributed by atoms with Gasteiger partial charge >= 0.3 is 0 Å². The second kappa shape index (κ2) is 55.7. The lowest BCUT2D eigenvalue weighted by atomic mass is 9.99. The summed E-state index contributed by atoms with van der Waals surface area (Å²) in [5.74, 6) is -0.151. The molecule has 1 saturated heterocycles. The zero-order valence-corrected chi connectivity index (χ0v) is 49.0. The monoisotopic (exact) mass is 1070 g/mol. The molecule has 1 heterocycles. The van der Waals surface area contributed by atoms with Crippen molar-refractivity contribution in [2.45, 2.75) is 320 Å². The predicted molar refractivity (Wildman–Crippen MR) is 322 cm³/mol. The quantitative estimate of drug-likeness (QED) is 0.0261. The van der Waals surface area contributed by atoms with Crippen molar-refractivity contribution >= 4 is 5.91 Å². The zero-order valence-electron chi connectivity index (χ0n) is 49.0. The van der Waals surface area contributed by atoms with Crippen molar-refractivity contribution in [3.05, 3.63) is 85.1 Å². The van der Waals surface area contributed by atoms with Gasteiger partial charge in [-0.15, -0.1) is 0 Å². The number of aliphatic hydroxyl groups excluding tert-OH is 5. The van der Waals surface area contributed by atoms with E-state index in [1.807, 2.05) is 0 Å². The molecule has 0 aliphatic carbocycles. The number of unbranched alkanes of at least 4 members (excludes halogenated alkanes) is 30. The number of nitrogens with one attached hydrogen (secondary N) is 1. The Bertz CT molecular complexity index is 1470. The first-order chi connectivity index (χ1) is 37.3. The lowest BCUT2D eigenvalue weighted by Crippen LogP contribution is -2.60. The molecule has 1 aliphatic rings. The first-order valence-corrected chi connectivity index (χ1v) is 31.8. The van der Waals surface area contributed by atoms with Crippen LogP contribution in [0.4, 0.5) is 0 Å². The fourth-order valence-corrected chi connectivity index (χ4v) is 9.79. The summed E-state index contributed by atoms with van der Waals surface area (Å²) >= 11 is 0. The van der Waals surface area contributed by atoms with E-state index in [0.717, 1.165) is 89.9 Å². The summed E-state index contributed by atoms with van der Waals surface area (Å²) in [5.41, 5.74) is 0. The molecule has 1 rings (SSSR count). The standard InChI is InChI=1S/C67H119NO8/c1-3-5-7-9-11-13-15-17-19-21-23-25-27-28-29-30-31-32-33-34-35-37-39-41-43-45-47-49-51-53-55-57-63(71)68-60(59-75-67-66(74)65(73)64(72)62(58-69)76-67)61(70)56-54-52-50-48-46-44-42-40-38-36-26-24-22-20-18-16-14-12-10-8-6-4-2/h5,7,11,13,17,19,23,25,28-29,31-32,34-35,60-62,64-67,69-70,72-74H,3-4,6,8-10,12,14-16,18,20-22,24,26-27,30,33,36-59H2,1-2H3,(H,68,71)/b7-5-,13-11-,19-17-,25-23-,29-28-,32-31-,35-34-. The van der Waals surface area contributed by atoms with Crippen molar-refractivity contribution < 1.29 is 39.8 Å². The Labute approximate surface area is 467 Å². The normalized spacial score (nSPS) is 19.4. The molecule has 1 amide bonds. The van der Waals surface area contributed by atoms with Crippen molar-refractivity contribution in [2.75, 3.05) is 13.2 Å². The van der Waals surface area contributed by atoms with E-state index in [-0.39, 0.29) is 12.5 Å². The van der Waals surface area contributed by atoms with Crippen LogP contribution in [0.5, 0.6) is 0 Å². The second-order valence-corrected chi connectivity index (χ2v) is 21.8. The molecule has 1 fully saturated rings. The third-order valence-electron chi connectivity index (χ3n) is 14.8. The average Bonchev–Trinajstić information content (AvgIpc) is 3.42. The Kier molecular flexibility index (Phi) is 52.3. The molecule has 0 aromatic rings. The van der Waals surface area contributed by atoms with Crippen molar-refractivity contribution in [3.63, 3.8) is 0 Å².